The Hall–Kier alpha value is -2.52. The lowest BCUT2D eigenvalue weighted by Crippen LogP contribution is -2.22. The zero-order valence-electron chi connectivity index (χ0n) is 8.86. The molecule has 10 nitrogen and oxygen atoms in total. The highest BCUT2D eigenvalue weighted by Crippen LogP contribution is 2.17. The smallest absolute Gasteiger partial charge is 0.300 e. The summed E-state index contributed by atoms with van der Waals surface area (Å²) in [5.41, 5.74) is 10.8. The first-order valence-corrected chi connectivity index (χ1v) is 4.62. The van der Waals surface area contributed by atoms with E-state index in [4.69, 9.17) is 20.9 Å². The maximum absolute atomic E-state index is 5.41. The van der Waals surface area contributed by atoms with Gasteiger partial charge in [0.05, 0.1) is 0 Å². The molecule has 17 heavy (non-hydrogen) atoms. The molecular formula is C7H10N6O4. The van der Waals surface area contributed by atoms with Gasteiger partial charge in [-0.1, -0.05) is 0 Å². The Balaban J connectivity index is 1.84. The number of nitrogen functional groups attached to an aromatic ring is 2. The van der Waals surface area contributed by atoms with Crippen molar-refractivity contribution in [3.8, 4) is 11.8 Å². The fourth-order valence-corrected chi connectivity index (χ4v) is 0.978. The van der Waals surface area contributed by atoms with Gasteiger partial charge in [-0.2, -0.15) is 0 Å². The van der Waals surface area contributed by atoms with Crippen LogP contribution in [-0.2, 0) is 0 Å². The molecule has 2 heterocycles. The molecule has 1 atom stereocenters. The van der Waals surface area contributed by atoms with E-state index in [0.29, 0.717) is 0 Å². The Kier molecular flexibility index (Phi) is 2.94. The first kappa shape index (κ1) is 11.0. The molecule has 2 rings (SSSR count). The summed E-state index contributed by atoms with van der Waals surface area (Å²) in [6, 6.07) is 0. The molecule has 0 fully saturated rings. The van der Waals surface area contributed by atoms with E-state index in [1.807, 2.05) is 0 Å². The van der Waals surface area contributed by atoms with Crippen molar-refractivity contribution in [1.82, 2.24) is 20.6 Å². The molecule has 0 saturated heterocycles. The van der Waals surface area contributed by atoms with Crippen molar-refractivity contribution in [2.24, 2.45) is 0 Å². The minimum atomic E-state index is -0.361. The highest BCUT2D eigenvalue weighted by Gasteiger charge is 2.14. The van der Waals surface area contributed by atoms with Gasteiger partial charge in [0.15, 0.2) is 0 Å². The minimum absolute atomic E-state index is 0.0690. The molecule has 2 aromatic heterocycles. The number of hydrogen-bond donors (Lipinski definition) is 2. The van der Waals surface area contributed by atoms with Crippen molar-refractivity contribution >= 4 is 11.6 Å². The zero-order valence-corrected chi connectivity index (χ0v) is 8.86. The van der Waals surface area contributed by atoms with Crippen LogP contribution in [0, 0.1) is 0 Å². The molecule has 0 aliphatic carbocycles. The van der Waals surface area contributed by atoms with E-state index in [1.54, 1.807) is 6.92 Å². The first-order valence-electron chi connectivity index (χ1n) is 4.62. The number of rotatable bonds is 5. The molecular weight excluding hydrogens is 232 g/mol. The maximum atomic E-state index is 5.41. The van der Waals surface area contributed by atoms with Gasteiger partial charge in [0.1, 0.15) is 12.7 Å². The number of nitrogens with zero attached hydrogens (tertiary/aromatic N) is 4. The average molecular weight is 242 g/mol. The Bertz CT molecular complexity index is 482. The van der Waals surface area contributed by atoms with Crippen molar-refractivity contribution in [1.29, 1.82) is 0 Å². The fourth-order valence-electron chi connectivity index (χ4n) is 0.978. The van der Waals surface area contributed by atoms with Gasteiger partial charge < -0.3 is 20.9 Å². The van der Waals surface area contributed by atoms with E-state index < -0.39 is 0 Å². The highest BCUT2D eigenvalue weighted by atomic mass is 16.6. The van der Waals surface area contributed by atoms with Gasteiger partial charge in [-0.25, -0.2) is 9.26 Å². The van der Waals surface area contributed by atoms with Crippen LogP contribution in [-0.4, -0.2) is 33.3 Å². The summed E-state index contributed by atoms with van der Waals surface area (Å²) in [7, 11) is 0. The summed E-state index contributed by atoms with van der Waals surface area (Å²) in [5.74, 6) is 0.346. The molecule has 2 aromatic rings. The topological polar surface area (TPSA) is 148 Å². The van der Waals surface area contributed by atoms with E-state index in [9.17, 15) is 0 Å². The highest BCUT2D eigenvalue weighted by molar-refractivity contribution is 5.37. The summed E-state index contributed by atoms with van der Waals surface area (Å²) in [6.45, 7) is 1.89. The molecule has 0 aliphatic rings. The molecule has 92 valence electrons. The Morgan fingerprint density at radius 3 is 2.18 bits per heavy atom. The second kappa shape index (κ2) is 4.55. The quantitative estimate of drug-likeness (QED) is 0.699. The summed E-state index contributed by atoms with van der Waals surface area (Å²) >= 11 is 0. The predicted molar refractivity (Wildman–Crippen MR) is 53.0 cm³/mol. The molecule has 0 spiro atoms. The van der Waals surface area contributed by atoms with E-state index >= 15 is 0 Å². The van der Waals surface area contributed by atoms with E-state index in [2.05, 4.69) is 29.9 Å². The van der Waals surface area contributed by atoms with Crippen LogP contribution in [0.25, 0.3) is 0 Å². The molecule has 0 saturated carbocycles. The predicted octanol–water partition coefficient (Wildman–Crippen LogP) is -0.537. The summed E-state index contributed by atoms with van der Waals surface area (Å²) < 4.78 is 19.2. The Morgan fingerprint density at radius 2 is 1.65 bits per heavy atom. The van der Waals surface area contributed by atoms with Gasteiger partial charge in [0.25, 0.3) is 5.88 Å². The van der Waals surface area contributed by atoms with Gasteiger partial charge >= 0.3 is 5.88 Å². The second-order valence-corrected chi connectivity index (χ2v) is 3.15. The lowest BCUT2D eigenvalue weighted by atomic mass is 10.4. The molecule has 4 N–H and O–H groups in total. The fraction of sp³-hybridized carbons (Fsp3) is 0.429. The van der Waals surface area contributed by atoms with Gasteiger partial charge in [0, 0.05) is 0 Å². The maximum Gasteiger partial charge on any atom is 0.300 e. The SMILES string of the molecule is C[C@H](COc1nonc1N)Oc1nonc1N. The molecule has 0 aliphatic heterocycles. The number of ether oxygens (including phenoxy) is 2. The van der Waals surface area contributed by atoms with Crippen LogP contribution >= 0.6 is 0 Å². The van der Waals surface area contributed by atoms with Crippen LogP contribution in [0.15, 0.2) is 9.26 Å². The number of anilines is 2. The van der Waals surface area contributed by atoms with Crippen molar-refractivity contribution in [3.63, 3.8) is 0 Å². The monoisotopic (exact) mass is 242 g/mol. The molecule has 0 bridgehead atoms. The third-order valence-electron chi connectivity index (χ3n) is 1.73. The molecule has 0 aromatic carbocycles. The normalized spacial score (nSPS) is 12.3. The van der Waals surface area contributed by atoms with E-state index in [1.165, 1.54) is 0 Å². The van der Waals surface area contributed by atoms with Gasteiger partial charge in [-0.3, -0.25) is 0 Å². The molecule has 0 unspecified atom stereocenters. The zero-order chi connectivity index (χ0) is 12.3. The van der Waals surface area contributed by atoms with Crippen LogP contribution in [0.4, 0.5) is 11.6 Å². The van der Waals surface area contributed by atoms with Crippen LogP contribution in [0.1, 0.15) is 6.92 Å². The third kappa shape index (κ3) is 2.53. The van der Waals surface area contributed by atoms with Crippen molar-refractivity contribution < 1.29 is 18.7 Å². The second-order valence-electron chi connectivity index (χ2n) is 3.15. The van der Waals surface area contributed by atoms with Crippen molar-refractivity contribution in [2.75, 3.05) is 18.1 Å². The van der Waals surface area contributed by atoms with E-state index in [0.717, 1.165) is 0 Å². The first-order chi connectivity index (χ1) is 8.16. The van der Waals surface area contributed by atoms with Crippen LogP contribution in [0.2, 0.25) is 0 Å². The largest absolute Gasteiger partial charge is 0.469 e. The number of hydrogen-bond acceptors (Lipinski definition) is 10. The lowest BCUT2D eigenvalue weighted by Gasteiger charge is -2.11. The average Bonchev–Trinajstić information content (AvgIpc) is 2.86. The number of aromatic nitrogens is 4. The Morgan fingerprint density at radius 1 is 1.06 bits per heavy atom. The third-order valence-corrected chi connectivity index (χ3v) is 1.73. The molecule has 0 amide bonds. The minimum Gasteiger partial charge on any atom is -0.469 e. The van der Waals surface area contributed by atoms with E-state index in [-0.39, 0.29) is 36.1 Å². The number of nitrogens with two attached hydrogens (primary N) is 2. The van der Waals surface area contributed by atoms with Crippen LogP contribution in [0.5, 0.6) is 11.8 Å². The summed E-state index contributed by atoms with van der Waals surface area (Å²) in [6.07, 6.45) is -0.361. The van der Waals surface area contributed by atoms with Gasteiger partial charge in [-0.05, 0) is 27.6 Å². The van der Waals surface area contributed by atoms with Gasteiger partial charge in [-0.15, -0.1) is 0 Å². The summed E-state index contributed by atoms with van der Waals surface area (Å²) in [4.78, 5) is 0. The summed E-state index contributed by atoms with van der Waals surface area (Å²) in [5, 5.41) is 13.6. The molecule has 10 heteroatoms. The van der Waals surface area contributed by atoms with Crippen molar-refractivity contribution in [3.05, 3.63) is 0 Å². The standard InChI is InChI=1S/C7H10N6O4/c1-3(15-7-5(9)11-17-13-7)2-14-6-4(8)10-16-12-6/h3H,2H2,1H3,(H2,8,10)(H2,9,11)/t3-/m1/s1. The van der Waals surface area contributed by atoms with Gasteiger partial charge in [0.2, 0.25) is 11.6 Å². The van der Waals surface area contributed by atoms with Crippen LogP contribution in [0.3, 0.4) is 0 Å². The Labute approximate surface area is 94.8 Å². The molecule has 0 radical (unpaired) electrons. The lowest BCUT2D eigenvalue weighted by molar-refractivity contribution is 0.126. The van der Waals surface area contributed by atoms with Crippen molar-refractivity contribution in [2.45, 2.75) is 13.0 Å². The van der Waals surface area contributed by atoms with Crippen LogP contribution < -0.4 is 20.9 Å².